The molecule has 1 unspecified atom stereocenters. The Kier molecular flexibility index (Phi) is 3.92. The number of rotatable bonds is 4. The van der Waals surface area contributed by atoms with Crippen molar-refractivity contribution in [3.05, 3.63) is 23.4 Å². The van der Waals surface area contributed by atoms with Crippen LogP contribution in [-0.2, 0) is 14.6 Å². The lowest BCUT2D eigenvalue weighted by molar-refractivity contribution is 0.191. The standard InChI is InChI=1S/C13H14N2O4S2/c1-21(16,17)13-10(5-7-20-13)12-14-11(19-15-12)3-2-9-4-6-18-8-9/h2-3,5,7,9H,4,6,8H2,1H3/b3-2+. The number of sulfone groups is 1. The van der Waals surface area contributed by atoms with Gasteiger partial charge in [-0.25, -0.2) is 8.42 Å². The van der Waals surface area contributed by atoms with E-state index in [0.29, 0.717) is 29.8 Å². The van der Waals surface area contributed by atoms with Gasteiger partial charge < -0.3 is 9.26 Å². The summed E-state index contributed by atoms with van der Waals surface area (Å²) in [5.74, 6) is 1.02. The lowest BCUT2D eigenvalue weighted by atomic mass is 10.1. The number of hydrogen-bond acceptors (Lipinski definition) is 7. The average molecular weight is 326 g/mol. The molecule has 112 valence electrons. The second-order valence-electron chi connectivity index (χ2n) is 4.83. The Balaban J connectivity index is 1.84. The zero-order chi connectivity index (χ0) is 14.9. The Labute approximate surface area is 126 Å². The SMILES string of the molecule is CS(=O)(=O)c1sccc1-c1noc(/C=C/C2CCOC2)n1. The molecule has 3 heterocycles. The molecule has 0 N–H and O–H groups in total. The molecular weight excluding hydrogens is 312 g/mol. The predicted molar refractivity (Wildman–Crippen MR) is 78.7 cm³/mol. The molecule has 2 aromatic heterocycles. The molecule has 1 saturated heterocycles. The van der Waals surface area contributed by atoms with Gasteiger partial charge in [-0.2, -0.15) is 4.98 Å². The van der Waals surface area contributed by atoms with E-state index in [2.05, 4.69) is 10.1 Å². The molecule has 3 rings (SSSR count). The van der Waals surface area contributed by atoms with Crippen LogP contribution in [0.5, 0.6) is 0 Å². The molecule has 0 spiro atoms. The highest BCUT2D eigenvalue weighted by molar-refractivity contribution is 7.92. The van der Waals surface area contributed by atoms with E-state index in [1.54, 1.807) is 17.5 Å². The van der Waals surface area contributed by atoms with Crippen LogP contribution in [0, 0.1) is 5.92 Å². The molecule has 1 fully saturated rings. The van der Waals surface area contributed by atoms with Gasteiger partial charge in [0.05, 0.1) is 12.2 Å². The van der Waals surface area contributed by atoms with Crippen LogP contribution in [0.15, 0.2) is 26.3 Å². The van der Waals surface area contributed by atoms with Crippen LogP contribution in [0.2, 0.25) is 0 Å². The smallest absolute Gasteiger partial charge is 0.250 e. The minimum Gasteiger partial charge on any atom is -0.381 e. The highest BCUT2D eigenvalue weighted by Crippen LogP contribution is 2.30. The Morgan fingerprint density at radius 1 is 1.48 bits per heavy atom. The highest BCUT2D eigenvalue weighted by atomic mass is 32.2. The highest BCUT2D eigenvalue weighted by Gasteiger charge is 2.20. The van der Waals surface area contributed by atoms with E-state index >= 15 is 0 Å². The maximum absolute atomic E-state index is 11.7. The van der Waals surface area contributed by atoms with E-state index in [0.717, 1.165) is 24.4 Å². The van der Waals surface area contributed by atoms with Crippen molar-refractivity contribution in [2.75, 3.05) is 19.5 Å². The van der Waals surface area contributed by atoms with E-state index in [9.17, 15) is 8.42 Å². The third kappa shape index (κ3) is 3.22. The summed E-state index contributed by atoms with van der Waals surface area (Å²) in [7, 11) is -3.29. The van der Waals surface area contributed by atoms with Crippen LogP contribution in [0.1, 0.15) is 12.3 Å². The van der Waals surface area contributed by atoms with Crippen LogP contribution in [0.25, 0.3) is 17.5 Å². The van der Waals surface area contributed by atoms with E-state index in [1.807, 2.05) is 6.08 Å². The van der Waals surface area contributed by atoms with Gasteiger partial charge in [-0.1, -0.05) is 11.2 Å². The van der Waals surface area contributed by atoms with Gasteiger partial charge in [-0.05, 0) is 23.9 Å². The quantitative estimate of drug-likeness (QED) is 0.857. The molecule has 1 atom stereocenters. The van der Waals surface area contributed by atoms with E-state index in [1.165, 1.54) is 6.26 Å². The molecule has 1 aliphatic rings. The predicted octanol–water partition coefficient (Wildman–Crippen LogP) is 2.25. The van der Waals surface area contributed by atoms with E-state index in [4.69, 9.17) is 9.26 Å². The monoisotopic (exact) mass is 326 g/mol. The minimum atomic E-state index is -3.29. The summed E-state index contributed by atoms with van der Waals surface area (Å²) in [6, 6.07) is 1.68. The summed E-state index contributed by atoms with van der Waals surface area (Å²) in [5, 5.41) is 5.55. The molecule has 0 aliphatic carbocycles. The van der Waals surface area contributed by atoms with Crippen molar-refractivity contribution in [2.45, 2.75) is 10.6 Å². The van der Waals surface area contributed by atoms with Gasteiger partial charge in [-0.15, -0.1) is 11.3 Å². The summed E-state index contributed by atoms with van der Waals surface area (Å²) in [5.41, 5.74) is 0.482. The van der Waals surface area contributed by atoms with Crippen LogP contribution in [-0.4, -0.2) is 38.0 Å². The van der Waals surface area contributed by atoms with Gasteiger partial charge in [0.25, 0.3) is 5.89 Å². The van der Waals surface area contributed by atoms with Gasteiger partial charge in [0.2, 0.25) is 5.82 Å². The Morgan fingerprint density at radius 3 is 3.05 bits per heavy atom. The van der Waals surface area contributed by atoms with Gasteiger partial charge in [0, 0.05) is 18.8 Å². The zero-order valence-corrected chi connectivity index (χ0v) is 13.0. The molecule has 0 amide bonds. The first-order valence-electron chi connectivity index (χ1n) is 6.41. The van der Waals surface area contributed by atoms with Crippen LogP contribution < -0.4 is 0 Å². The van der Waals surface area contributed by atoms with Gasteiger partial charge in [0.15, 0.2) is 9.84 Å². The molecule has 0 saturated carbocycles. The second kappa shape index (κ2) is 5.70. The van der Waals surface area contributed by atoms with Crippen molar-refractivity contribution in [3.8, 4) is 11.4 Å². The summed E-state index contributed by atoms with van der Waals surface area (Å²) in [4.78, 5) is 4.22. The summed E-state index contributed by atoms with van der Waals surface area (Å²) >= 11 is 1.15. The third-order valence-corrected chi connectivity index (χ3v) is 5.92. The molecule has 6 nitrogen and oxygen atoms in total. The van der Waals surface area contributed by atoms with Crippen molar-refractivity contribution >= 4 is 27.3 Å². The minimum absolute atomic E-state index is 0.253. The number of hydrogen-bond donors (Lipinski definition) is 0. The molecular formula is C13H14N2O4S2. The lowest BCUT2D eigenvalue weighted by Gasteiger charge is -1.96. The van der Waals surface area contributed by atoms with Gasteiger partial charge in [-0.3, -0.25) is 0 Å². The van der Waals surface area contributed by atoms with Crippen molar-refractivity contribution in [1.82, 2.24) is 10.1 Å². The Bertz CT molecular complexity index is 755. The number of thiophene rings is 1. The molecule has 0 bridgehead atoms. The first kappa shape index (κ1) is 14.4. The fraction of sp³-hybridized carbons (Fsp3) is 0.385. The lowest BCUT2D eigenvalue weighted by Crippen LogP contribution is -1.96. The van der Waals surface area contributed by atoms with Crippen molar-refractivity contribution < 1.29 is 17.7 Å². The van der Waals surface area contributed by atoms with Crippen molar-refractivity contribution in [1.29, 1.82) is 0 Å². The fourth-order valence-electron chi connectivity index (χ4n) is 2.08. The normalized spacial score (nSPS) is 19.6. The summed E-state index contributed by atoms with van der Waals surface area (Å²) in [6.45, 7) is 1.48. The summed E-state index contributed by atoms with van der Waals surface area (Å²) in [6.07, 6.45) is 5.89. The largest absolute Gasteiger partial charge is 0.381 e. The summed E-state index contributed by atoms with van der Waals surface area (Å²) < 4.78 is 34.1. The molecule has 21 heavy (non-hydrogen) atoms. The second-order valence-corrected chi connectivity index (χ2v) is 7.96. The first-order chi connectivity index (χ1) is 10.0. The molecule has 2 aromatic rings. The molecule has 0 radical (unpaired) electrons. The topological polar surface area (TPSA) is 82.3 Å². The Hall–Kier alpha value is -1.51. The van der Waals surface area contributed by atoms with Crippen molar-refractivity contribution in [2.24, 2.45) is 5.92 Å². The third-order valence-electron chi connectivity index (χ3n) is 3.12. The van der Waals surface area contributed by atoms with Crippen LogP contribution in [0.3, 0.4) is 0 Å². The van der Waals surface area contributed by atoms with E-state index in [-0.39, 0.29) is 4.21 Å². The van der Waals surface area contributed by atoms with Gasteiger partial charge in [0.1, 0.15) is 4.21 Å². The van der Waals surface area contributed by atoms with Crippen molar-refractivity contribution in [3.63, 3.8) is 0 Å². The number of nitrogens with zero attached hydrogens (tertiary/aromatic N) is 2. The van der Waals surface area contributed by atoms with Crippen LogP contribution >= 0.6 is 11.3 Å². The molecule has 8 heteroatoms. The maximum Gasteiger partial charge on any atom is 0.250 e. The maximum atomic E-state index is 11.7. The molecule has 1 aliphatic heterocycles. The Morgan fingerprint density at radius 2 is 2.33 bits per heavy atom. The fourth-order valence-corrected chi connectivity index (χ4v) is 4.12. The number of aromatic nitrogens is 2. The average Bonchev–Trinajstić information content (AvgIpc) is 3.16. The number of ether oxygens (including phenoxy) is 1. The van der Waals surface area contributed by atoms with Crippen LogP contribution in [0.4, 0.5) is 0 Å². The first-order valence-corrected chi connectivity index (χ1v) is 9.19. The zero-order valence-electron chi connectivity index (χ0n) is 11.4. The molecule has 0 aromatic carbocycles. The van der Waals surface area contributed by atoms with Gasteiger partial charge >= 0.3 is 0 Å². The van der Waals surface area contributed by atoms with E-state index < -0.39 is 9.84 Å².